The summed E-state index contributed by atoms with van der Waals surface area (Å²) in [5.41, 5.74) is 0. The van der Waals surface area contributed by atoms with Crippen LogP contribution in [0.25, 0.3) is 0 Å². The minimum Gasteiger partial charge on any atom is -0.462 e. The van der Waals surface area contributed by atoms with Crippen molar-refractivity contribution in [3.8, 4) is 0 Å². The third-order valence-electron chi connectivity index (χ3n) is 13.3. The van der Waals surface area contributed by atoms with E-state index in [0.717, 1.165) is 77.0 Å². The van der Waals surface area contributed by atoms with Gasteiger partial charge in [0.25, 0.3) is 0 Å². The third kappa shape index (κ3) is 30.6. The molecule has 2 heterocycles. The van der Waals surface area contributed by atoms with E-state index in [1.54, 1.807) is 0 Å². The van der Waals surface area contributed by atoms with Gasteiger partial charge in [-0.3, -0.25) is 9.59 Å². The highest BCUT2D eigenvalue weighted by molar-refractivity contribution is 5.70. The molecule has 7 N–H and O–H groups in total. The zero-order valence-corrected chi connectivity index (χ0v) is 44.0. The SMILES string of the molecule is CCCCC/C=C\C/C=C\CCCCCCCCCCCC(=O)OC(COC(=O)CCCCCCC/C=C\CCCCCCCCC)COC1OC(COC2OC(CO)C(O)C(O)C2O)C(O)C(O)C1O. The first kappa shape index (κ1) is 64.8. The van der Waals surface area contributed by atoms with Gasteiger partial charge in [-0.1, -0.05) is 166 Å². The average molecular weight is 1010 g/mol. The van der Waals surface area contributed by atoms with Gasteiger partial charge in [-0.15, -0.1) is 0 Å². The second-order valence-corrected chi connectivity index (χ2v) is 19.8. The van der Waals surface area contributed by atoms with Crippen LogP contribution < -0.4 is 0 Å². The summed E-state index contributed by atoms with van der Waals surface area (Å²) < 4.78 is 33.7. The Morgan fingerprint density at radius 2 is 0.845 bits per heavy atom. The lowest BCUT2D eigenvalue weighted by molar-refractivity contribution is -0.332. The number of esters is 2. The molecule has 2 saturated heterocycles. The fraction of sp³-hybridized carbons (Fsp3) is 0.857. The van der Waals surface area contributed by atoms with Crippen LogP contribution in [0.2, 0.25) is 0 Å². The van der Waals surface area contributed by atoms with Gasteiger partial charge in [0.15, 0.2) is 18.7 Å². The van der Waals surface area contributed by atoms with Gasteiger partial charge in [-0.2, -0.15) is 0 Å². The van der Waals surface area contributed by atoms with Crippen LogP contribution in [-0.2, 0) is 38.0 Å². The summed E-state index contributed by atoms with van der Waals surface area (Å²) in [6.45, 7) is 2.57. The Labute approximate surface area is 427 Å². The summed E-state index contributed by atoms with van der Waals surface area (Å²) in [6, 6.07) is 0. The van der Waals surface area contributed by atoms with Crippen molar-refractivity contribution >= 4 is 11.9 Å². The van der Waals surface area contributed by atoms with Gasteiger partial charge in [-0.05, 0) is 70.6 Å². The molecule has 0 aliphatic carbocycles. The predicted octanol–water partition coefficient (Wildman–Crippen LogP) is 8.88. The average Bonchev–Trinajstić information content (AvgIpc) is 3.36. The zero-order valence-electron chi connectivity index (χ0n) is 44.0. The molecule has 11 atom stereocenters. The van der Waals surface area contributed by atoms with E-state index in [-0.39, 0.29) is 26.1 Å². The second kappa shape index (κ2) is 43.0. The number of unbranched alkanes of at least 4 members (excludes halogenated alkanes) is 24. The molecular formula is C56H100O15. The predicted molar refractivity (Wildman–Crippen MR) is 275 cm³/mol. The topological polar surface area (TPSA) is 231 Å². The number of aliphatic hydroxyl groups excluding tert-OH is 7. The van der Waals surface area contributed by atoms with Gasteiger partial charge in [0, 0.05) is 12.8 Å². The molecule has 71 heavy (non-hydrogen) atoms. The van der Waals surface area contributed by atoms with Gasteiger partial charge in [-0.25, -0.2) is 0 Å². The molecule has 0 saturated carbocycles. The number of rotatable bonds is 44. The number of carbonyl (C=O) groups is 2. The monoisotopic (exact) mass is 1010 g/mol. The van der Waals surface area contributed by atoms with E-state index >= 15 is 0 Å². The van der Waals surface area contributed by atoms with Crippen molar-refractivity contribution in [2.24, 2.45) is 0 Å². The van der Waals surface area contributed by atoms with Crippen LogP contribution in [-0.4, -0.2) is 142 Å². The Bertz CT molecular complexity index is 1380. The van der Waals surface area contributed by atoms with E-state index in [1.807, 2.05) is 0 Å². The molecule has 2 rings (SSSR count). The molecule has 15 heteroatoms. The van der Waals surface area contributed by atoms with Crippen LogP contribution in [0.5, 0.6) is 0 Å². The number of carbonyl (C=O) groups excluding carboxylic acids is 2. The molecule has 0 aromatic rings. The Morgan fingerprint density at radius 1 is 0.451 bits per heavy atom. The van der Waals surface area contributed by atoms with Gasteiger partial charge in [0.05, 0.1) is 19.8 Å². The molecule has 0 amide bonds. The van der Waals surface area contributed by atoms with E-state index in [0.29, 0.717) is 12.8 Å². The van der Waals surface area contributed by atoms with Crippen molar-refractivity contribution < 1.29 is 73.8 Å². The highest BCUT2D eigenvalue weighted by Crippen LogP contribution is 2.27. The van der Waals surface area contributed by atoms with E-state index in [9.17, 15) is 45.3 Å². The first-order valence-corrected chi connectivity index (χ1v) is 28.1. The molecule has 0 spiro atoms. The van der Waals surface area contributed by atoms with Crippen LogP contribution in [0, 0.1) is 0 Å². The molecule has 414 valence electrons. The zero-order chi connectivity index (χ0) is 51.7. The number of aliphatic hydroxyl groups is 7. The maximum atomic E-state index is 13.0. The summed E-state index contributed by atoms with van der Waals surface area (Å²) in [5, 5.41) is 72.2. The number of hydrogen-bond acceptors (Lipinski definition) is 15. The molecule has 0 bridgehead atoms. The van der Waals surface area contributed by atoms with Gasteiger partial charge in [0.2, 0.25) is 0 Å². The lowest BCUT2D eigenvalue weighted by Crippen LogP contribution is -2.61. The molecule has 11 unspecified atom stereocenters. The second-order valence-electron chi connectivity index (χ2n) is 19.8. The van der Waals surface area contributed by atoms with Crippen molar-refractivity contribution in [3.05, 3.63) is 36.5 Å². The first-order chi connectivity index (χ1) is 34.5. The quantitative estimate of drug-likeness (QED) is 0.0172. The Morgan fingerprint density at radius 3 is 1.35 bits per heavy atom. The molecule has 0 aromatic heterocycles. The van der Waals surface area contributed by atoms with Gasteiger partial charge >= 0.3 is 11.9 Å². The maximum Gasteiger partial charge on any atom is 0.306 e. The van der Waals surface area contributed by atoms with E-state index in [4.69, 9.17) is 28.4 Å². The van der Waals surface area contributed by atoms with Crippen LogP contribution in [0.1, 0.15) is 213 Å². The summed E-state index contributed by atoms with van der Waals surface area (Å²) in [7, 11) is 0. The highest BCUT2D eigenvalue weighted by atomic mass is 16.7. The lowest BCUT2D eigenvalue weighted by Gasteiger charge is -2.42. The van der Waals surface area contributed by atoms with Crippen molar-refractivity contribution in [1.82, 2.24) is 0 Å². The summed E-state index contributed by atoms with van der Waals surface area (Å²) >= 11 is 0. The smallest absolute Gasteiger partial charge is 0.306 e. The van der Waals surface area contributed by atoms with Crippen molar-refractivity contribution in [3.63, 3.8) is 0 Å². The largest absolute Gasteiger partial charge is 0.462 e. The van der Waals surface area contributed by atoms with E-state index in [1.165, 1.54) is 96.3 Å². The number of hydrogen-bond donors (Lipinski definition) is 7. The minimum atomic E-state index is -1.77. The van der Waals surface area contributed by atoms with Gasteiger partial charge < -0.3 is 64.2 Å². The molecule has 2 fully saturated rings. The summed E-state index contributed by atoms with van der Waals surface area (Å²) in [5.74, 6) is -0.934. The van der Waals surface area contributed by atoms with Gasteiger partial charge in [0.1, 0.15) is 55.4 Å². The molecule has 0 aromatic carbocycles. The van der Waals surface area contributed by atoms with E-state index in [2.05, 4.69) is 50.3 Å². The van der Waals surface area contributed by atoms with Crippen molar-refractivity contribution in [2.45, 2.75) is 280 Å². The summed E-state index contributed by atoms with van der Waals surface area (Å²) in [4.78, 5) is 25.8. The molecule has 15 nitrogen and oxygen atoms in total. The van der Waals surface area contributed by atoms with Crippen LogP contribution in [0.15, 0.2) is 36.5 Å². The lowest BCUT2D eigenvalue weighted by atomic mass is 9.98. The Balaban J connectivity index is 1.78. The minimum absolute atomic E-state index is 0.159. The summed E-state index contributed by atoms with van der Waals surface area (Å²) in [6.07, 6.45) is 30.2. The highest BCUT2D eigenvalue weighted by Gasteiger charge is 2.47. The Hall–Kier alpha value is -2.28. The standard InChI is InChI=1S/C56H100O15/c1-3-5-7-9-11-13-15-17-19-21-22-23-25-27-29-31-33-35-37-39-48(59)69-44(41-66-47(58)38-36-34-32-30-28-26-24-20-18-16-14-12-10-8-6-4-2)42-67-55-54(65)52(63)50(61)46(71-55)43-68-56-53(64)51(62)49(60)45(40-57)70-56/h11,13,17,19-20,24,44-46,49-57,60-65H,3-10,12,14-16,18,21-23,25-43H2,1-2H3/b13-11-,19-17-,24-20-. The fourth-order valence-electron chi connectivity index (χ4n) is 8.71. The number of allylic oxidation sites excluding steroid dienone is 6. The normalized spacial score (nSPS) is 25.4. The van der Waals surface area contributed by atoms with E-state index < -0.39 is 92.7 Å². The molecule has 2 aliphatic heterocycles. The van der Waals surface area contributed by atoms with Crippen molar-refractivity contribution in [1.29, 1.82) is 0 Å². The van der Waals surface area contributed by atoms with Crippen LogP contribution >= 0.6 is 0 Å². The fourth-order valence-corrected chi connectivity index (χ4v) is 8.71. The molecule has 2 aliphatic rings. The number of ether oxygens (including phenoxy) is 6. The maximum absolute atomic E-state index is 13.0. The van der Waals surface area contributed by atoms with Crippen LogP contribution in [0.3, 0.4) is 0 Å². The molecule has 0 radical (unpaired) electrons. The Kier molecular flexibility index (Phi) is 39.3. The molecular weight excluding hydrogens is 913 g/mol. The van der Waals surface area contributed by atoms with Crippen LogP contribution in [0.4, 0.5) is 0 Å². The third-order valence-corrected chi connectivity index (χ3v) is 13.3. The first-order valence-electron chi connectivity index (χ1n) is 28.1. The van der Waals surface area contributed by atoms with Crippen molar-refractivity contribution in [2.75, 3.05) is 26.4 Å².